The lowest BCUT2D eigenvalue weighted by molar-refractivity contribution is -0.0724. The molecule has 1 saturated heterocycles. The van der Waals surface area contributed by atoms with E-state index in [1.54, 1.807) is 11.3 Å². The van der Waals surface area contributed by atoms with E-state index < -0.39 is 0 Å². The van der Waals surface area contributed by atoms with Gasteiger partial charge >= 0.3 is 0 Å². The molecule has 112 valence electrons. The van der Waals surface area contributed by atoms with E-state index in [2.05, 4.69) is 31.1 Å². The lowest BCUT2D eigenvalue weighted by atomic mass is 9.98. The second-order valence-electron chi connectivity index (χ2n) is 6.89. The Kier molecular flexibility index (Phi) is 3.88. The first-order valence-corrected chi connectivity index (χ1v) is 8.42. The van der Waals surface area contributed by atoms with E-state index in [1.165, 1.54) is 17.8 Å². The molecule has 4 nitrogen and oxygen atoms in total. The number of hydrogen-bond acceptors (Lipinski definition) is 5. The van der Waals surface area contributed by atoms with Gasteiger partial charge in [-0.1, -0.05) is 20.8 Å². The second kappa shape index (κ2) is 5.37. The fourth-order valence-corrected chi connectivity index (χ4v) is 3.83. The zero-order valence-electron chi connectivity index (χ0n) is 12.6. The number of morpholine rings is 1. The molecule has 0 spiro atoms. The number of hydrogen-bond donors (Lipinski definition) is 1. The summed E-state index contributed by atoms with van der Waals surface area (Å²) in [7, 11) is 0. The molecule has 1 aliphatic carbocycles. The minimum absolute atomic E-state index is 0.0827. The van der Waals surface area contributed by atoms with Crippen molar-refractivity contribution in [2.75, 3.05) is 19.7 Å². The van der Waals surface area contributed by atoms with Gasteiger partial charge in [0.1, 0.15) is 0 Å². The van der Waals surface area contributed by atoms with Crippen molar-refractivity contribution in [3.63, 3.8) is 0 Å². The maximum Gasteiger partial charge on any atom is 0.0982 e. The standard InChI is InChI=1S/C15H25N3OS/c1-15(2,3)14-17-11(9-20-14)13-12(8-16)19-7-6-18(13)10-4-5-10/h9-10,12-13H,4-8,16H2,1-3H3. The van der Waals surface area contributed by atoms with Crippen LogP contribution in [0.25, 0.3) is 0 Å². The van der Waals surface area contributed by atoms with Crippen molar-refractivity contribution in [2.24, 2.45) is 5.73 Å². The summed E-state index contributed by atoms with van der Waals surface area (Å²) in [5, 5.41) is 3.41. The largest absolute Gasteiger partial charge is 0.374 e. The molecule has 1 aromatic rings. The number of nitrogens with two attached hydrogens (primary N) is 1. The smallest absolute Gasteiger partial charge is 0.0982 e. The Morgan fingerprint density at radius 3 is 2.75 bits per heavy atom. The minimum Gasteiger partial charge on any atom is -0.374 e. The number of rotatable bonds is 3. The molecular weight excluding hydrogens is 270 g/mol. The number of ether oxygens (including phenoxy) is 1. The predicted octanol–water partition coefficient (Wildman–Crippen LogP) is 2.30. The molecule has 1 saturated carbocycles. The fraction of sp³-hybridized carbons (Fsp3) is 0.800. The van der Waals surface area contributed by atoms with E-state index in [0.29, 0.717) is 6.54 Å². The lowest BCUT2D eigenvalue weighted by Gasteiger charge is -2.40. The van der Waals surface area contributed by atoms with E-state index in [9.17, 15) is 0 Å². The molecule has 2 aliphatic rings. The van der Waals surface area contributed by atoms with E-state index in [-0.39, 0.29) is 17.6 Å². The van der Waals surface area contributed by atoms with Crippen molar-refractivity contribution in [2.45, 2.75) is 57.2 Å². The van der Waals surface area contributed by atoms with Crippen molar-refractivity contribution < 1.29 is 4.74 Å². The van der Waals surface area contributed by atoms with Crippen molar-refractivity contribution in [3.8, 4) is 0 Å². The third kappa shape index (κ3) is 2.77. The maximum atomic E-state index is 5.93. The molecule has 5 heteroatoms. The topological polar surface area (TPSA) is 51.4 Å². The summed E-state index contributed by atoms with van der Waals surface area (Å²) in [6.45, 7) is 9.01. The van der Waals surface area contributed by atoms with E-state index in [4.69, 9.17) is 15.5 Å². The van der Waals surface area contributed by atoms with Crippen LogP contribution < -0.4 is 5.73 Å². The van der Waals surface area contributed by atoms with E-state index in [1.807, 2.05) is 0 Å². The quantitative estimate of drug-likeness (QED) is 0.929. The highest BCUT2D eigenvalue weighted by Gasteiger charge is 2.42. The van der Waals surface area contributed by atoms with Crippen LogP contribution >= 0.6 is 11.3 Å². The highest BCUT2D eigenvalue weighted by Crippen LogP contribution is 2.39. The van der Waals surface area contributed by atoms with Gasteiger partial charge in [-0.05, 0) is 12.8 Å². The Hall–Kier alpha value is -0.490. The summed E-state index contributed by atoms with van der Waals surface area (Å²) < 4.78 is 5.90. The van der Waals surface area contributed by atoms with Gasteiger partial charge in [0, 0.05) is 29.9 Å². The van der Waals surface area contributed by atoms with Crippen LogP contribution in [-0.2, 0) is 10.2 Å². The third-order valence-electron chi connectivity index (χ3n) is 4.11. The molecule has 0 aromatic carbocycles. The molecule has 0 radical (unpaired) electrons. The Balaban J connectivity index is 1.88. The molecule has 1 aromatic heterocycles. The average Bonchev–Trinajstić information content (AvgIpc) is 3.13. The molecule has 20 heavy (non-hydrogen) atoms. The molecule has 2 unspecified atom stereocenters. The summed E-state index contributed by atoms with van der Waals surface area (Å²) >= 11 is 1.76. The monoisotopic (exact) mass is 295 g/mol. The van der Waals surface area contributed by atoms with Gasteiger partial charge in [-0.15, -0.1) is 11.3 Å². The Labute approximate surface area is 125 Å². The molecule has 2 N–H and O–H groups in total. The summed E-state index contributed by atoms with van der Waals surface area (Å²) in [6.07, 6.45) is 2.70. The molecule has 2 heterocycles. The molecule has 3 rings (SSSR count). The van der Waals surface area contributed by atoms with Gasteiger partial charge in [0.15, 0.2) is 0 Å². The van der Waals surface area contributed by atoms with Crippen LogP contribution in [0.3, 0.4) is 0 Å². The van der Waals surface area contributed by atoms with Gasteiger partial charge in [-0.2, -0.15) is 0 Å². The zero-order chi connectivity index (χ0) is 14.3. The minimum atomic E-state index is 0.0827. The van der Waals surface area contributed by atoms with Crippen molar-refractivity contribution in [3.05, 3.63) is 16.1 Å². The van der Waals surface area contributed by atoms with Gasteiger partial charge in [0.2, 0.25) is 0 Å². The number of thiazole rings is 1. The number of nitrogens with zero attached hydrogens (tertiary/aromatic N) is 2. The lowest BCUT2D eigenvalue weighted by Crippen LogP contribution is -2.49. The second-order valence-corrected chi connectivity index (χ2v) is 7.74. The maximum absolute atomic E-state index is 5.93. The van der Waals surface area contributed by atoms with Crippen molar-refractivity contribution in [1.29, 1.82) is 0 Å². The predicted molar refractivity (Wildman–Crippen MR) is 82.1 cm³/mol. The normalized spacial score (nSPS) is 28.8. The van der Waals surface area contributed by atoms with Crippen LogP contribution in [0.1, 0.15) is 50.4 Å². The highest BCUT2D eigenvalue weighted by molar-refractivity contribution is 7.09. The van der Waals surface area contributed by atoms with Crippen molar-refractivity contribution >= 4 is 11.3 Å². The highest BCUT2D eigenvalue weighted by atomic mass is 32.1. The zero-order valence-corrected chi connectivity index (χ0v) is 13.4. The first-order chi connectivity index (χ1) is 9.50. The molecule has 0 amide bonds. The summed E-state index contributed by atoms with van der Waals surface area (Å²) in [5.74, 6) is 0. The fourth-order valence-electron chi connectivity index (χ4n) is 2.89. The van der Waals surface area contributed by atoms with E-state index in [0.717, 1.165) is 24.9 Å². The van der Waals surface area contributed by atoms with Crippen LogP contribution in [0.15, 0.2) is 5.38 Å². The van der Waals surface area contributed by atoms with Crippen LogP contribution in [-0.4, -0.2) is 41.7 Å². The van der Waals surface area contributed by atoms with Gasteiger partial charge in [0.05, 0.1) is 29.5 Å². The molecule has 2 atom stereocenters. The van der Waals surface area contributed by atoms with Crippen LogP contribution in [0.2, 0.25) is 0 Å². The van der Waals surface area contributed by atoms with Gasteiger partial charge in [-0.3, -0.25) is 4.90 Å². The summed E-state index contributed by atoms with van der Waals surface area (Å²) in [5.41, 5.74) is 7.20. The Morgan fingerprint density at radius 2 is 2.20 bits per heavy atom. The number of aromatic nitrogens is 1. The third-order valence-corrected chi connectivity index (χ3v) is 5.39. The Bertz CT molecular complexity index is 464. The van der Waals surface area contributed by atoms with Gasteiger partial charge < -0.3 is 10.5 Å². The van der Waals surface area contributed by atoms with Gasteiger partial charge in [-0.25, -0.2) is 4.98 Å². The first kappa shape index (κ1) is 14.4. The molecular formula is C15H25N3OS. The molecule has 2 fully saturated rings. The SMILES string of the molecule is CC(C)(C)c1nc(C2C(CN)OCCN2C2CC2)cs1. The summed E-state index contributed by atoms with van der Waals surface area (Å²) in [4.78, 5) is 7.48. The Morgan fingerprint density at radius 1 is 1.45 bits per heavy atom. The summed E-state index contributed by atoms with van der Waals surface area (Å²) in [6, 6.07) is 0.964. The first-order valence-electron chi connectivity index (χ1n) is 7.54. The van der Waals surface area contributed by atoms with E-state index >= 15 is 0 Å². The van der Waals surface area contributed by atoms with Crippen LogP contribution in [0.5, 0.6) is 0 Å². The van der Waals surface area contributed by atoms with Crippen molar-refractivity contribution in [1.82, 2.24) is 9.88 Å². The van der Waals surface area contributed by atoms with Gasteiger partial charge in [0.25, 0.3) is 0 Å². The van der Waals surface area contributed by atoms with Crippen LogP contribution in [0, 0.1) is 0 Å². The molecule has 0 bridgehead atoms. The van der Waals surface area contributed by atoms with Crippen LogP contribution in [0.4, 0.5) is 0 Å². The average molecular weight is 295 g/mol. The molecule has 1 aliphatic heterocycles.